The number of nitriles is 1. The van der Waals surface area contributed by atoms with Gasteiger partial charge in [0.15, 0.2) is 0 Å². The van der Waals surface area contributed by atoms with Crippen molar-refractivity contribution >= 4 is 23.1 Å². The molecule has 1 aliphatic rings. The van der Waals surface area contributed by atoms with Crippen molar-refractivity contribution < 1.29 is 0 Å². The molecule has 0 amide bonds. The minimum atomic E-state index is 0.490. The summed E-state index contributed by atoms with van der Waals surface area (Å²) in [7, 11) is 0. The second kappa shape index (κ2) is 6.01. The molecule has 96 valence electrons. The van der Waals surface area contributed by atoms with E-state index in [-0.39, 0.29) is 0 Å². The molecule has 1 aromatic carbocycles. The van der Waals surface area contributed by atoms with Gasteiger partial charge in [-0.25, -0.2) is 0 Å². The van der Waals surface area contributed by atoms with Gasteiger partial charge in [-0.3, -0.25) is 0 Å². The first-order valence-electron chi connectivity index (χ1n) is 6.32. The largest absolute Gasteiger partial charge is 0.399 e. The fraction of sp³-hybridized carbons (Fsp3) is 0.500. The average Bonchev–Trinajstić information content (AvgIpc) is 2.41. The van der Waals surface area contributed by atoms with E-state index in [9.17, 15) is 0 Å². The maximum Gasteiger partial charge on any atom is 0.101 e. The standard InChI is InChI=1S/C14H19N3S/c1-18-13-5-3-12(4-6-13)17-14-7-2-11(16)8-10(14)9-15/h2,7-8,12-13,17H,3-6,16H2,1H3. The third-order valence-electron chi connectivity index (χ3n) is 3.53. The van der Waals surface area contributed by atoms with Crippen LogP contribution in [-0.4, -0.2) is 17.5 Å². The van der Waals surface area contributed by atoms with Gasteiger partial charge >= 0.3 is 0 Å². The molecule has 1 aromatic rings. The third kappa shape index (κ3) is 3.11. The van der Waals surface area contributed by atoms with Crippen molar-refractivity contribution in [2.24, 2.45) is 0 Å². The lowest BCUT2D eigenvalue weighted by molar-refractivity contribution is 0.473. The van der Waals surface area contributed by atoms with Gasteiger partial charge in [-0.15, -0.1) is 0 Å². The number of anilines is 2. The molecule has 3 nitrogen and oxygen atoms in total. The summed E-state index contributed by atoms with van der Waals surface area (Å²) in [5, 5.41) is 13.4. The fourth-order valence-electron chi connectivity index (χ4n) is 2.44. The first kappa shape index (κ1) is 13.1. The SMILES string of the molecule is CSC1CCC(Nc2ccc(N)cc2C#N)CC1. The minimum absolute atomic E-state index is 0.490. The molecule has 0 atom stereocenters. The fourth-order valence-corrected chi connectivity index (χ4v) is 3.19. The third-order valence-corrected chi connectivity index (χ3v) is 4.67. The highest BCUT2D eigenvalue weighted by Crippen LogP contribution is 2.29. The highest BCUT2D eigenvalue weighted by molar-refractivity contribution is 7.99. The molecule has 1 aliphatic carbocycles. The van der Waals surface area contributed by atoms with Crippen molar-refractivity contribution in [3.63, 3.8) is 0 Å². The van der Waals surface area contributed by atoms with Crippen LogP contribution in [0.15, 0.2) is 18.2 Å². The van der Waals surface area contributed by atoms with Crippen LogP contribution in [0, 0.1) is 11.3 Å². The minimum Gasteiger partial charge on any atom is -0.399 e. The molecule has 0 aliphatic heterocycles. The number of benzene rings is 1. The second-order valence-corrected chi connectivity index (χ2v) is 5.91. The average molecular weight is 261 g/mol. The van der Waals surface area contributed by atoms with Crippen molar-refractivity contribution in [1.29, 1.82) is 5.26 Å². The normalized spacial score (nSPS) is 23.3. The zero-order valence-corrected chi connectivity index (χ0v) is 11.5. The Balaban J connectivity index is 2.00. The van der Waals surface area contributed by atoms with Crippen LogP contribution in [-0.2, 0) is 0 Å². The first-order valence-corrected chi connectivity index (χ1v) is 7.60. The van der Waals surface area contributed by atoms with Crippen LogP contribution < -0.4 is 11.1 Å². The highest BCUT2D eigenvalue weighted by Gasteiger charge is 2.20. The summed E-state index contributed by atoms with van der Waals surface area (Å²) >= 11 is 1.97. The summed E-state index contributed by atoms with van der Waals surface area (Å²) in [5.74, 6) is 0. The van der Waals surface area contributed by atoms with Gasteiger partial charge in [-0.1, -0.05) is 0 Å². The van der Waals surface area contributed by atoms with Gasteiger partial charge in [-0.2, -0.15) is 17.0 Å². The van der Waals surface area contributed by atoms with Crippen LogP contribution >= 0.6 is 11.8 Å². The van der Waals surface area contributed by atoms with Gasteiger partial charge in [0.25, 0.3) is 0 Å². The van der Waals surface area contributed by atoms with E-state index in [0.29, 0.717) is 17.3 Å². The van der Waals surface area contributed by atoms with Crippen LogP contribution in [0.1, 0.15) is 31.2 Å². The Morgan fingerprint density at radius 1 is 1.33 bits per heavy atom. The van der Waals surface area contributed by atoms with Gasteiger partial charge in [0, 0.05) is 17.0 Å². The Morgan fingerprint density at radius 2 is 2.06 bits per heavy atom. The van der Waals surface area contributed by atoms with Gasteiger partial charge in [0.2, 0.25) is 0 Å². The molecule has 4 heteroatoms. The van der Waals surface area contributed by atoms with Crippen LogP contribution in [0.5, 0.6) is 0 Å². The summed E-state index contributed by atoms with van der Waals surface area (Å²) in [6.07, 6.45) is 7.07. The Kier molecular flexibility index (Phi) is 4.38. The van der Waals surface area contributed by atoms with E-state index in [1.807, 2.05) is 23.9 Å². The molecule has 2 rings (SSSR count). The Hall–Kier alpha value is -1.34. The Labute approximate surface area is 113 Å². The topological polar surface area (TPSA) is 61.8 Å². The lowest BCUT2D eigenvalue weighted by Crippen LogP contribution is -2.27. The van der Waals surface area contributed by atoms with Gasteiger partial charge < -0.3 is 11.1 Å². The number of rotatable bonds is 3. The van der Waals surface area contributed by atoms with E-state index in [4.69, 9.17) is 11.0 Å². The smallest absolute Gasteiger partial charge is 0.101 e. The monoisotopic (exact) mass is 261 g/mol. The van der Waals surface area contributed by atoms with Gasteiger partial charge in [0.05, 0.1) is 11.3 Å². The predicted octanol–water partition coefficient (Wildman–Crippen LogP) is 3.23. The summed E-state index contributed by atoms with van der Waals surface area (Å²) < 4.78 is 0. The lowest BCUT2D eigenvalue weighted by atomic mass is 9.94. The summed E-state index contributed by atoms with van der Waals surface area (Å²) in [6, 6.07) is 8.18. The number of nitrogens with zero attached hydrogens (tertiary/aromatic N) is 1. The molecule has 0 unspecified atom stereocenters. The van der Waals surface area contributed by atoms with E-state index in [0.717, 1.165) is 10.9 Å². The molecule has 3 N–H and O–H groups in total. The Morgan fingerprint density at radius 3 is 2.67 bits per heavy atom. The number of thioether (sulfide) groups is 1. The van der Waals surface area contributed by atoms with Gasteiger partial charge in [-0.05, 0) is 50.1 Å². The van der Waals surface area contributed by atoms with Gasteiger partial charge in [0.1, 0.15) is 6.07 Å². The summed E-state index contributed by atoms with van der Waals surface area (Å²) in [5.41, 5.74) is 7.89. The molecular formula is C14H19N3S. The van der Waals surface area contributed by atoms with Crippen molar-refractivity contribution in [2.45, 2.75) is 37.0 Å². The molecular weight excluding hydrogens is 242 g/mol. The predicted molar refractivity (Wildman–Crippen MR) is 78.8 cm³/mol. The Bertz CT molecular complexity index is 445. The van der Waals surface area contributed by atoms with Crippen LogP contribution in [0.25, 0.3) is 0 Å². The number of hydrogen-bond donors (Lipinski definition) is 2. The first-order chi connectivity index (χ1) is 8.72. The number of nitrogen functional groups attached to an aromatic ring is 1. The maximum atomic E-state index is 9.10. The number of nitrogens with two attached hydrogens (primary N) is 1. The summed E-state index contributed by atoms with van der Waals surface area (Å²) in [4.78, 5) is 0. The van der Waals surface area contributed by atoms with E-state index >= 15 is 0 Å². The lowest BCUT2D eigenvalue weighted by Gasteiger charge is -2.29. The van der Waals surface area contributed by atoms with Crippen molar-refractivity contribution in [2.75, 3.05) is 17.3 Å². The molecule has 0 heterocycles. The van der Waals surface area contributed by atoms with Crippen molar-refractivity contribution in [1.82, 2.24) is 0 Å². The van der Waals surface area contributed by atoms with Crippen molar-refractivity contribution in [3.05, 3.63) is 23.8 Å². The van der Waals surface area contributed by atoms with E-state index in [2.05, 4.69) is 17.6 Å². The molecule has 0 bridgehead atoms. The number of nitrogens with one attached hydrogen (secondary N) is 1. The quantitative estimate of drug-likeness (QED) is 0.820. The zero-order valence-electron chi connectivity index (χ0n) is 10.6. The molecule has 1 saturated carbocycles. The molecule has 0 radical (unpaired) electrons. The van der Waals surface area contributed by atoms with Crippen LogP contribution in [0.4, 0.5) is 11.4 Å². The van der Waals surface area contributed by atoms with E-state index in [1.165, 1.54) is 25.7 Å². The van der Waals surface area contributed by atoms with E-state index < -0.39 is 0 Å². The molecule has 0 saturated heterocycles. The summed E-state index contributed by atoms with van der Waals surface area (Å²) in [6.45, 7) is 0. The van der Waals surface area contributed by atoms with Crippen LogP contribution in [0.3, 0.4) is 0 Å². The van der Waals surface area contributed by atoms with Crippen molar-refractivity contribution in [3.8, 4) is 6.07 Å². The maximum absolute atomic E-state index is 9.10. The molecule has 0 spiro atoms. The molecule has 1 fully saturated rings. The molecule has 18 heavy (non-hydrogen) atoms. The van der Waals surface area contributed by atoms with E-state index in [1.54, 1.807) is 6.07 Å². The molecule has 0 aromatic heterocycles. The second-order valence-electron chi connectivity index (χ2n) is 4.77. The van der Waals surface area contributed by atoms with Crippen LogP contribution in [0.2, 0.25) is 0 Å². The highest BCUT2D eigenvalue weighted by atomic mass is 32.2. The zero-order chi connectivity index (χ0) is 13.0. The number of hydrogen-bond acceptors (Lipinski definition) is 4.